The van der Waals surface area contributed by atoms with Gasteiger partial charge in [0.1, 0.15) is 24.9 Å². The highest BCUT2D eigenvalue weighted by atomic mass is 16.6. The second-order valence-electron chi connectivity index (χ2n) is 13.5. The van der Waals surface area contributed by atoms with Gasteiger partial charge in [0.25, 0.3) is 0 Å². The van der Waals surface area contributed by atoms with E-state index in [1.54, 1.807) is 6.08 Å². The largest absolute Gasteiger partial charge is 0.462 e. The van der Waals surface area contributed by atoms with Crippen molar-refractivity contribution in [1.29, 1.82) is 0 Å². The fourth-order valence-corrected chi connectivity index (χ4v) is 8.06. The Morgan fingerprint density at radius 1 is 0.851 bits per heavy atom. The summed E-state index contributed by atoms with van der Waals surface area (Å²) in [6.07, 6.45) is 2.77. The molecule has 0 aliphatic heterocycles. The summed E-state index contributed by atoms with van der Waals surface area (Å²) in [5, 5.41) is 0. The number of fused-ring (bicyclic) bond motifs is 3. The molecule has 3 aliphatic rings. The summed E-state index contributed by atoms with van der Waals surface area (Å²) in [4.78, 5) is 63.6. The van der Waals surface area contributed by atoms with Crippen LogP contribution in [0.3, 0.4) is 0 Å². The third-order valence-corrected chi connectivity index (χ3v) is 9.92. The average molecular weight is 651 g/mol. The van der Waals surface area contributed by atoms with E-state index in [-0.39, 0.29) is 6.61 Å². The lowest BCUT2D eigenvalue weighted by Crippen LogP contribution is -2.63. The van der Waals surface area contributed by atoms with Gasteiger partial charge in [-0.25, -0.2) is 4.79 Å². The first-order valence-corrected chi connectivity index (χ1v) is 16.0. The monoisotopic (exact) mass is 650 g/mol. The van der Waals surface area contributed by atoms with Crippen LogP contribution >= 0.6 is 0 Å². The van der Waals surface area contributed by atoms with Crippen molar-refractivity contribution in [3.8, 4) is 0 Å². The number of hydrogen-bond donors (Lipinski definition) is 0. The van der Waals surface area contributed by atoms with Crippen LogP contribution in [0.5, 0.6) is 0 Å². The van der Waals surface area contributed by atoms with Gasteiger partial charge >= 0.3 is 29.8 Å². The number of ether oxygens (including phenoxy) is 5. The van der Waals surface area contributed by atoms with E-state index >= 15 is 0 Å². The van der Waals surface area contributed by atoms with Gasteiger partial charge in [-0.1, -0.05) is 57.2 Å². The second-order valence-corrected chi connectivity index (χ2v) is 13.5. The Hall–Kier alpha value is -4.21. The first-order chi connectivity index (χ1) is 22.1. The van der Waals surface area contributed by atoms with Crippen LogP contribution in [-0.4, -0.2) is 60.9 Å². The molecule has 254 valence electrons. The summed E-state index contributed by atoms with van der Waals surface area (Å²) in [5.74, 6) is -3.78. The molecule has 0 heterocycles. The molecule has 2 bridgehead atoms. The third kappa shape index (κ3) is 7.68. The SMILES string of the molecule is CC(=O)OC1CC2C(OC(C)=O)C3C(COC(=O)C=Cc4ccccc4)=CCCC3(C)C(OC(C)=O)C(OC(C)=O)C(=C1C)C2(C)C. The van der Waals surface area contributed by atoms with Crippen LogP contribution in [0.15, 0.2) is 59.2 Å². The van der Waals surface area contributed by atoms with Crippen molar-refractivity contribution in [1.82, 2.24) is 0 Å². The second kappa shape index (κ2) is 14.3. The van der Waals surface area contributed by atoms with E-state index in [9.17, 15) is 24.0 Å². The lowest BCUT2D eigenvalue weighted by atomic mass is 9.50. The van der Waals surface area contributed by atoms with Gasteiger partial charge in [-0.05, 0) is 60.0 Å². The minimum atomic E-state index is -1.03. The molecule has 0 saturated heterocycles. The molecule has 1 aromatic carbocycles. The van der Waals surface area contributed by atoms with E-state index in [1.807, 2.05) is 64.1 Å². The summed E-state index contributed by atoms with van der Waals surface area (Å²) in [6, 6.07) is 9.35. The molecular formula is C37H46O10. The van der Waals surface area contributed by atoms with Gasteiger partial charge in [-0.2, -0.15) is 0 Å². The van der Waals surface area contributed by atoms with Crippen LogP contribution < -0.4 is 0 Å². The normalized spacial score (nSPS) is 29.7. The maximum absolute atomic E-state index is 12.9. The van der Waals surface area contributed by atoms with Crippen molar-refractivity contribution in [3.05, 3.63) is 64.8 Å². The van der Waals surface area contributed by atoms with E-state index in [4.69, 9.17) is 23.7 Å². The Kier molecular flexibility index (Phi) is 10.8. The summed E-state index contributed by atoms with van der Waals surface area (Å²) in [7, 11) is 0. The van der Waals surface area contributed by atoms with Crippen LogP contribution in [0.25, 0.3) is 6.08 Å². The van der Waals surface area contributed by atoms with Gasteiger partial charge in [-0.15, -0.1) is 0 Å². The number of benzene rings is 1. The molecule has 0 N–H and O–H groups in total. The maximum Gasteiger partial charge on any atom is 0.331 e. The Morgan fingerprint density at radius 3 is 2.06 bits per heavy atom. The van der Waals surface area contributed by atoms with E-state index < -0.39 is 76.9 Å². The molecule has 10 heteroatoms. The van der Waals surface area contributed by atoms with Gasteiger partial charge in [0.05, 0.1) is 0 Å². The predicted molar refractivity (Wildman–Crippen MR) is 172 cm³/mol. The molecule has 10 nitrogen and oxygen atoms in total. The highest BCUT2D eigenvalue weighted by Gasteiger charge is 2.63. The molecule has 0 radical (unpaired) electrons. The van der Waals surface area contributed by atoms with Gasteiger partial charge in [-0.3, -0.25) is 19.2 Å². The molecule has 47 heavy (non-hydrogen) atoms. The lowest BCUT2D eigenvalue weighted by Gasteiger charge is -2.59. The van der Waals surface area contributed by atoms with E-state index in [1.165, 1.54) is 33.8 Å². The highest BCUT2D eigenvalue weighted by molar-refractivity contribution is 5.87. The number of esters is 5. The molecule has 3 aliphatic carbocycles. The standard InChI is InChI=1S/C37H46O10/c1-21-29(44-22(2)38)19-28-33(45-23(3)39)32-27(20-43-30(42)17-16-26-13-10-9-11-14-26)15-12-18-37(32,8)35(47-25(5)41)34(46-24(4)40)31(21)36(28,6)7/h9-11,13-17,28-29,32-35H,12,18-20H2,1-8H3. The molecule has 7 atom stereocenters. The third-order valence-electron chi connectivity index (χ3n) is 9.92. The van der Waals surface area contributed by atoms with Crippen LogP contribution in [0, 0.1) is 22.7 Å². The van der Waals surface area contributed by atoms with E-state index in [0.717, 1.165) is 5.56 Å². The molecule has 0 aromatic heterocycles. The molecule has 1 aromatic rings. The minimum Gasteiger partial charge on any atom is -0.462 e. The van der Waals surface area contributed by atoms with Crippen molar-refractivity contribution in [2.24, 2.45) is 22.7 Å². The molecule has 1 saturated carbocycles. The first kappa shape index (κ1) is 35.6. The lowest BCUT2D eigenvalue weighted by molar-refractivity contribution is -0.200. The van der Waals surface area contributed by atoms with Gasteiger partial charge < -0.3 is 23.7 Å². The Bertz CT molecular complexity index is 1490. The van der Waals surface area contributed by atoms with Crippen molar-refractivity contribution in [2.75, 3.05) is 6.61 Å². The predicted octanol–water partition coefficient (Wildman–Crippen LogP) is 5.69. The quantitative estimate of drug-likeness (QED) is 0.150. The summed E-state index contributed by atoms with van der Waals surface area (Å²) in [5.41, 5.74) is 1.14. The van der Waals surface area contributed by atoms with E-state index in [0.29, 0.717) is 36.0 Å². The summed E-state index contributed by atoms with van der Waals surface area (Å²) >= 11 is 0. The average Bonchev–Trinajstić information content (AvgIpc) is 2.97. The van der Waals surface area contributed by atoms with Crippen molar-refractivity contribution in [2.45, 2.75) is 99.1 Å². The number of hydrogen-bond acceptors (Lipinski definition) is 10. The molecule has 7 unspecified atom stereocenters. The van der Waals surface area contributed by atoms with Crippen LogP contribution in [-0.2, 0) is 47.7 Å². The zero-order chi connectivity index (χ0) is 34.7. The zero-order valence-corrected chi connectivity index (χ0v) is 28.5. The van der Waals surface area contributed by atoms with Crippen molar-refractivity contribution < 1.29 is 47.7 Å². The first-order valence-electron chi connectivity index (χ1n) is 16.0. The van der Waals surface area contributed by atoms with Gasteiger partial charge in [0.15, 0.2) is 6.10 Å². The fourth-order valence-electron chi connectivity index (χ4n) is 8.06. The zero-order valence-electron chi connectivity index (χ0n) is 28.5. The van der Waals surface area contributed by atoms with Crippen LogP contribution in [0.1, 0.15) is 80.2 Å². The number of carbonyl (C=O) groups excluding carboxylic acids is 5. The summed E-state index contributed by atoms with van der Waals surface area (Å²) < 4.78 is 30.0. The highest BCUT2D eigenvalue weighted by Crippen LogP contribution is 2.60. The Labute approximate surface area is 276 Å². The molecular weight excluding hydrogens is 604 g/mol. The van der Waals surface area contributed by atoms with E-state index in [2.05, 4.69) is 0 Å². The molecule has 0 spiro atoms. The maximum atomic E-state index is 12.9. The van der Waals surface area contributed by atoms with Gasteiger partial charge in [0, 0.05) is 51.0 Å². The molecule has 0 amide bonds. The topological polar surface area (TPSA) is 132 Å². The summed E-state index contributed by atoms with van der Waals surface area (Å²) in [6.45, 7) is 12.9. The van der Waals surface area contributed by atoms with Crippen molar-refractivity contribution in [3.63, 3.8) is 0 Å². The Morgan fingerprint density at radius 2 is 1.47 bits per heavy atom. The number of rotatable bonds is 8. The fraction of sp³-hybridized carbons (Fsp3) is 0.541. The van der Waals surface area contributed by atoms with Crippen molar-refractivity contribution >= 4 is 35.9 Å². The van der Waals surface area contributed by atoms with Gasteiger partial charge in [0.2, 0.25) is 0 Å². The minimum absolute atomic E-state index is 0.108. The molecule has 4 rings (SSSR count). The molecule has 1 fully saturated rings. The number of allylic oxidation sites excluding steroid dienone is 1. The Balaban J connectivity index is 1.89. The number of carbonyl (C=O) groups is 5. The smallest absolute Gasteiger partial charge is 0.331 e. The van der Waals surface area contributed by atoms with Crippen LogP contribution in [0.2, 0.25) is 0 Å². The van der Waals surface area contributed by atoms with Crippen LogP contribution in [0.4, 0.5) is 0 Å².